The zero-order valence-electron chi connectivity index (χ0n) is 8.91. The van der Waals surface area contributed by atoms with Crippen LogP contribution in [0.4, 0.5) is 4.39 Å². The fourth-order valence-electron chi connectivity index (χ4n) is 2.89. The minimum absolute atomic E-state index is 0.289. The first kappa shape index (κ1) is 10.9. The van der Waals surface area contributed by atoms with Crippen LogP contribution >= 0.6 is 0 Å². The van der Waals surface area contributed by atoms with E-state index in [0.717, 1.165) is 25.9 Å². The van der Waals surface area contributed by atoms with Crippen LogP contribution in [-0.4, -0.2) is 40.8 Å². The van der Waals surface area contributed by atoms with Gasteiger partial charge in [-0.15, -0.1) is 0 Å². The summed E-state index contributed by atoms with van der Waals surface area (Å²) in [5, 5.41) is 8.67. The normalized spacial score (nSPS) is 37.3. The molecule has 86 valence electrons. The summed E-state index contributed by atoms with van der Waals surface area (Å²) in [6.07, 6.45) is 3.87. The van der Waals surface area contributed by atoms with Crippen molar-refractivity contribution in [1.82, 2.24) is 4.90 Å². The fourth-order valence-corrected chi connectivity index (χ4v) is 2.89. The molecule has 2 fully saturated rings. The monoisotopic (exact) mass is 215 g/mol. The minimum atomic E-state index is -1.45. The lowest BCUT2D eigenvalue weighted by Crippen LogP contribution is -2.51. The number of piperidine rings is 2. The Bertz CT molecular complexity index is 259. The molecule has 2 aliphatic rings. The van der Waals surface area contributed by atoms with Gasteiger partial charge in [-0.25, -0.2) is 4.39 Å². The van der Waals surface area contributed by atoms with Gasteiger partial charge < -0.3 is 10.0 Å². The van der Waals surface area contributed by atoms with E-state index in [4.69, 9.17) is 5.11 Å². The lowest BCUT2D eigenvalue weighted by molar-refractivity contribution is -0.142. The van der Waals surface area contributed by atoms with Crippen LogP contribution in [0.1, 0.15) is 38.5 Å². The summed E-state index contributed by atoms with van der Waals surface area (Å²) in [6.45, 7) is 1.79. The van der Waals surface area contributed by atoms with E-state index in [0.29, 0.717) is 12.8 Å². The van der Waals surface area contributed by atoms with Crippen LogP contribution in [0.3, 0.4) is 0 Å². The average Bonchev–Trinajstić information content (AvgIpc) is 2.15. The quantitative estimate of drug-likeness (QED) is 0.763. The smallest absolute Gasteiger partial charge is 0.306 e. The molecule has 0 aromatic heterocycles. The highest BCUT2D eigenvalue weighted by atomic mass is 19.1. The number of carbonyl (C=O) groups is 1. The number of carboxylic acids is 1. The molecule has 0 aromatic rings. The van der Waals surface area contributed by atoms with Crippen molar-refractivity contribution in [1.29, 1.82) is 0 Å². The maximum absolute atomic E-state index is 14.2. The van der Waals surface area contributed by atoms with Gasteiger partial charge in [-0.05, 0) is 32.2 Å². The van der Waals surface area contributed by atoms with Crippen LogP contribution < -0.4 is 0 Å². The van der Waals surface area contributed by atoms with E-state index >= 15 is 0 Å². The molecule has 15 heavy (non-hydrogen) atoms. The second-order valence-corrected chi connectivity index (χ2v) is 4.86. The summed E-state index contributed by atoms with van der Waals surface area (Å²) in [5.41, 5.74) is -1.45. The van der Waals surface area contributed by atoms with E-state index in [2.05, 4.69) is 4.90 Å². The Kier molecular flexibility index (Phi) is 2.96. The van der Waals surface area contributed by atoms with Crippen molar-refractivity contribution >= 4 is 5.97 Å². The second-order valence-electron chi connectivity index (χ2n) is 4.86. The Morgan fingerprint density at radius 1 is 1.47 bits per heavy atom. The summed E-state index contributed by atoms with van der Waals surface area (Å²) in [5.74, 6) is -1.01. The predicted molar refractivity (Wildman–Crippen MR) is 54.5 cm³/mol. The van der Waals surface area contributed by atoms with Gasteiger partial charge in [-0.3, -0.25) is 4.79 Å². The van der Waals surface area contributed by atoms with Crippen molar-refractivity contribution in [2.75, 3.05) is 13.1 Å². The summed E-state index contributed by atoms with van der Waals surface area (Å²) < 4.78 is 14.2. The molecule has 2 aliphatic heterocycles. The summed E-state index contributed by atoms with van der Waals surface area (Å²) in [4.78, 5) is 12.9. The first-order valence-electron chi connectivity index (χ1n) is 5.74. The number of rotatable bonds is 2. The van der Waals surface area contributed by atoms with Gasteiger partial charge in [-0.2, -0.15) is 0 Å². The highest BCUT2D eigenvalue weighted by Gasteiger charge is 2.42. The minimum Gasteiger partial charge on any atom is -0.481 e. The third-order valence-electron chi connectivity index (χ3n) is 3.67. The van der Waals surface area contributed by atoms with Crippen LogP contribution in [0.15, 0.2) is 0 Å². The van der Waals surface area contributed by atoms with Gasteiger partial charge in [0.1, 0.15) is 5.67 Å². The molecule has 0 amide bonds. The molecule has 0 aromatic carbocycles. The van der Waals surface area contributed by atoms with Gasteiger partial charge in [0, 0.05) is 12.6 Å². The number of hydrogen-bond donors (Lipinski definition) is 1. The number of nitrogens with zero attached hydrogens (tertiary/aromatic N) is 1. The molecule has 0 aliphatic carbocycles. The van der Waals surface area contributed by atoms with Crippen LogP contribution in [0.2, 0.25) is 0 Å². The molecule has 0 spiro atoms. The number of alkyl halides is 1. The number of carboxylic acid groups (broad SMARTS) is 1. The van der Waals surface area contributed by atoms with Crippen molar-refractivity contribution < 1.29 is 14.3 Å². The molecule has 2 unspecified atom stereocenters. The molecule has 2 saturated heterocycles. The second kappa shape index (κ2) is 4.08. The zero-order chi connectivity index (χ0) is 10.9. The molecule has 2 atom stereocenters. The van der Waals surface area contributed by atoms with Crippen LogP contribution in [-0.2, 0) is 4.79 Å². The van der Waals surface area contributed by atoms with Crippen LogP contribution in [0.5, 0.6) is 0 Å². The molecule has 2 rings (SSSR count). The van der Waals surface area contributed by atoms with Crippen molar-refractivity contribution in [2.45, 2.75) is 50.2 Å². The third kappa shape index (κ3) is 2.48. The summed E-state index contributed by atoms with van der Waals surface area (Å²) in [6, 6.07) is 0.289. The molecule has 2 heterocycles. The van der Waals surface area contributed by atoms with Gasteiger partial charge in [0.25, 0.3) is 0 Å². The molecule has 0 radical (unpaired) electrons. The molecule has 3 nitrogen and oxygen atoms in total. The Morgan fingerprint density at radius 2 is 2.27 bits per heavy atom. The Balaban J connectivity index is 1.97. The van der Waals surface area contributed by atoms with E-state index in [1.807, 2.05) is 0 Å². The van der Waals surface area contributed by atoms with Crippen LogP contribution in [0, 0.1) is 0 Å². The highest BCUT2D eigenvalue weighted by Crippen LogP contribution is 2.36. The summed E-state index contributed by atoms with van der Waals surface area (Å²) >= 11 is 0. The van der Waals surface area contributed by atoms with Gasteiger partial charge in [-0.1, -0.05) is 6.42 Å². The van der Waals surface area contributed by atoms with Crippen molar-refractivity contribution in [2.24, 2.45) is 0 Å². The van der Waals surface area contributed by atoms with Gasteiger partial charge >= 0.3 is 5.97 Å². The Labute approximate surface area is 89.3 Å². The lowest BCUT2D eigenvalue weighted by atomic mass is 9.82. The standard InChI is InChI=1S/C11H18FNO2/c12-11(8-10(14)15)4-6-13-5-2-1-3-9(13)7-11/h9H,1-8H2,(H,14,15). The Morgan fingerprint density at radius 3 is 3.00 bits per heavy atom. The van der Waals surface area contributed by atoms with E-state index in [-0.39, 0.29) is 12.5 Å². The molecular formula is C11H18FNO2. The van der Waals surface area contributed by atoms with Gasteiger partial charge in [0.05, 0.1) is 6.42 Å². The van der Waals surface area contributed by atoms with Crippen molar-refractivity contribution in [3.05, 3.63) is 0 Å². The molecular weight excluding hydrogens is 197 g/mol. The maximum atomic E-state index is 14.2. The first-order valence-corrected chi connectivity index (χ1v) is 5.74. The number of fused-ring (bicyclic) bond motifs is 1. The predicted octanol–water partition coefficient (Wildman–Crippen LogP) is 1.82. The largest absolute Gasteiger partial charge is 0.481 e. The van der Waals surface area contributed by atoms with Crippen LogP contribution in [0.25, 0.3) is 0 Å². The van der Waals surface area contributed by atoms with Gasteiger partial charge in [0.15, 0.2) is 0 Å². The number of aliphatic carboxylic acids is 1. The highest BCUT2D eigenvalue weighted by molar-refractivity contribution is 5.68. The van der Waals surface area contributed by atoms with Gasteiger partial charge in [0.2, 0.25) is 0 Å². The van der Waals surface area contributed by atoms with Crippen molar-refractivity contribution in [3.63, 3.8) is 0 Å². The summed E-state index contributed by atoms with van der Waals surface area (Å²) in [7, 11) is 0. The number of hydrogen-bond acceptors (Lipinski definition) is 2. The van der Waals surface area contributed by atoms with Crippen molar-refractivity contribution in [3.8, 4) is 0 Å². The van der Waals surface area contributed by atoms with E-state index in [1.165, 1.54) is 6.42 Å². The molecule has 0 bridgehead atoms. The zero-order valence-corrected chi connectivity index (χ0v) is 8.91. The van der Waals surface area contributed by atoms with E-state index in [9.17, 15) is 9.18 Å². The topological polar surface area (TPSA) is 40.5 Å². The molecule has 1 N–H and O–H groups in total. The average molecular weight is 215 g/mol. The van der Waals surface area contributed by atoms with E-state index < -0.39 is 11.6 Å². The third-order valence-corrected chi connectivity index (χ3v) is 3.67. The first-order chi connectivity index (χ1) is 7.09. The fraction of sp³-hybridized carbons (Fsp3) is 0.909. The maximum Gasteiger partial charge on any atom is 0.306 e. The molecule has 4 heteroatoms. The Hall–Kier alpha value is -0.640. The van der Waals surface area contributed by atoms with E-state index in [1.54, 1.807) is 0 Å². The number of halogens is 1. The molecule has 0 saturated carbocycles. The lowest BCUT2D eigenvalue weighted by Gasteiger charge is -2.44. The SMILES string of the molecule is O=C(O)CC1(F)CCN2CCCCC2C1.